The van der Waals surface area contributed by atoms with Crippen molar-refractivity contribution in [2.45, 2.75) is 6.61 Å². The highest BCUT2D eigenvalue weighted by Gasteiger charge is 2.27. The van der Waals surface area contributed by atoms with Gasteiger partial charge in [-0.1, -0.05) is 48.5 Å². The second-order valence-corrected chi connectivity index (χ2v) is 7.43. The molecule has 0 radical (unpaired) electrons. The molecule has 0 saturated heterocycles. The highest BCUT2D eigenvalue weighted by Crippen LogP contribution is 2.33. The number of benzene rings is 3. The average molecular weight is 418 g/mol. The molecule has 0 bridgehead atoms. The molecule has 1 aromatic heterocycles. The van der Waals surface area contributed by atoms with Crippen molar-refractivity contribution in [3.63, 3.8) is 0 Å². The normalized spacial score (nSPS) is 13.2. The van der Waals surface area contributed by atoms with Gasteiger partial charge in [0.1, 0.15) is 19.0 Å². The van der Waals surface area contributed by atoms with Crippen LogP contribution in [0.15, 0.2) is 84.9 Å². The van der Waals surface area contributed by atoms with Crippen molar-refractivity contribution >= 4 is 28.0 Å². The van der Waals surface area contributed by atoms with Gasteiger partial charge in [-0.2, -0.15) is 5.26 Å². The van der Waals surface area contributed by atoms with Gasteiger partial charge in [0.25, 0.3) is 0 Å². The average Bonchev–Trinajstić information content (AvgIpc) is 3.24. The molecule has 5 heteroatoms. The molecule has 32 heavy (non-hydrogen) atoms. The quantitative estimate of drug-likeness (QED) is 0.419. The predicted molar refractivity (Wildman–Crippen MR) is 121 cm³/mol. The van der Waals surface area contributed by atoms with Gasteiger partial charge in [-0.3, -0.25) is 0 Å². The van der Waals surface area contributed by atoms with Crippen LogP contribution in [0.1, 0.15) is 22.4 Å². The van der Waals surface area contributed by atoms with Crippen molar-refractivity contribution in [2.75, 3.05) is 6.61 Å². The Morgan fingerprint density at radius 1 is 0.906 bits per heavy atom. The van der Waals surface area contributed by atoms with Crippen LogP contribution in [0, 0.1) is 11.3 Å². The van der Waals surface area contributed by atoms with Gasteiger partial charge in [0.2, 0.25) is 0 Å². The number of carbonyl (C=O) groups is 1. The van der Waals surface area contributed by atoms with Crippen LogP contribution in [0.2, 0.25) is 0 Å². The fraction of sp³-hybridized carbons (Fsp3) is 0.0741. The molecule has 0 saturated carbocycles. The molecule has 3 aromatic carbocycles. The summed E-state index contributed by atoms with van der Waals surface area (Å²) in [7, 11) is 0. The van der Waals surface area contributed by atoms with E-state index in [0.29, 0.717) is 23.5 Å². The van der Waals surface area contributed by atoms with Crippen LogP contribution in [-0.4, -0.2) is 17.6 Å². The lowest BCUT2D eigenvalue weighted by Crippen LogP contribution is -2.00. The number of hydrogen-bond acceptors (Lipinski definition) is 5. The number of ether oxygens (including phenoxy) is 2. The van der Waals surface area contributed by atoms with Gasteiger partial charge in [-0.05, 0) is 47.5 Å². The maximum Gasteiger partial charge on any atom is 0.339 e. The summed E-state index contributed by atoms with van der Waals surface area (Å²) < 4.78 is 11.2. The minimum atomic E-state index is -0.349. The van der Waals surface area contributed by atoms with Crippen molar-refractivity contribution in [3.8, 4) is 11.8 Å². The third-order valence-corrected chi connectivity index (χ3v) is 5.40. The van der Waals surface area contributed by atoms with E-state index in [1.165, 1.54) is 0 Å². The largest absolute Gasteiger partial charge is 0.487 e. The van der Waals surface area contributed by atoms with Crippen LogP contribution in [0.5, 0.6) is 5.75 Å². The molecule has 0 aliphatic carbocycles. The Morgan fingerprint density at radius 2 is 1.66 bits per heavy atom. The maximum atomic E-state index is 12.4. The molecule has 0 N–H and O–H groups in total. The van der Waals surface area contributed by atoms with E-state index in [1.54, 1.807) is 12.1 Å². The van der Waals surface area contributed by atoms with Gasteiger partial charge in [0, 0.05) is 11.0 Å². The van der Waals surface area contributed by atoms with Gasteiger partial charge in [0.05, 0.1) is 28.4 Å². The van der Waals surface area contributed by atoms with Crippen LogP contribution in [0.25, 0.3) is 22.0 Å². The minimum Gasteiger partial charge on any atom is -0.487 e. The maximum absolute atomic E-state index is 12.4. The molecule has 5 nitrogen and oxygen atoms in total. The number of pyridine rings is 1. The fourth-order valence-corrected chi connectivity index (χ4v) is 3.73. The van der Waals surface area contributed by atoms with Gasteiger partial charge >= 0.3 is 5.97 Å². The standard InChI is InChI=1S/C27H18N2O3/c28-15-18-5-7-19(8-6-18)24-17-32-27(30)26(24)21-10-13-23(14-11-21)31-16-22-12-9-20-3-1-2-4-25(20)29-22/h1-14H,16-17H2. The van der Waals surface area contributed by atoms with E-state index in [9.17, 15) is 4.79 Å². The van der Waals surface area contributed by atoms with Crippen molar-refractivity contribution in [1.82, 2.24) is 4.98 Å². The number of cyclic esters (lactones) is 1. The smallest absolute Gasteiger partial charge is 0.339 e. The predicted octanol–water partition coefficient (Wildman–Crippen LogP) is 5.15. The van der Waals surface area contributed by atoms with Crippen molar-refractivity contribution in [1.29, 1.82) is 5.26 Å². The third-order valence-electron chi connectivity index (χ3n) is 5.40. The van der Waals surface area contributed by atoms with Gasteiger partial charge in [-0.15, -0.1) is 0 Å². The van der Waals surface area contributed by atoms with Crippen molar-refractivity contribution < 1.29 is 14.3 Å². The molecule has 1 aliphatic heterocycles. The highest BCUT2D eigenvalue weighted by atomic mass is 16.5. The number of nitriles is 1. The zero-order chi connectivity index (χ0) is 21.9. The van der Waals surface area contributed by atoms with E-state index in [0.717, 1.165) is 33.3 Å². The van der Waals surface area contributed by atoms with Crippen LogP contribution < -0.4 is 4.74 Å². The van der Waals surface area contributed by atoms with Crippen LogP contribution in [0.4, 0.5) is 0 Å². The van der Waals surface area contributed by atoms with E-state index in [2.05, 4.69) is 11.1 Å². The molecule has 4 aromatic rings. The molecule has 0 atom stereocenters. The van der Waals surface area contributed by atoms with E-state index >= 15 is 0 Å². The first-order chi connectivity index (χ1) is 15.7. The molecule has 0 fully saturated rings. The Balaban J connectivity index is 1.35. The molecule has 154 valence electrons. The molecular formula is C27H18N2O3. The van der Waals surface area contributed by atoms with E-state index < -0.39 is 0 Å². The monoisotopic (exact) mass is 418 g/mol. The van der Waals surface area contributed by atoms with Crippen molar-refractivity contribution in [3.05, 3.63) is 107 Å². The first-order valence-corrected chi connectivity index (χ1v) is 10.2. The molecule has 0 unspecified atom stereocenters. The summed E-state index contributed by atoms with van der Waals surface area (Å²) in [6, 6.07) is 28.6. The Kier molecular flexibility index (Phi) is 5.11. The minimum absolute atomic E-state index is 0.214. The summed E-state index contributed by atoms with van der Waals surface area (Å²) in [5.74, 6) is 0.342. The SMILES string of the molecule is N#Cc1ccc(C2=C(c3ccc(OCc4ccc5ccccc5n4)cc3)C(=O)OC2)cc1. The zero-order valence-corrected chi connectivity index (χ0v) is 17.1. The number of esters is 1. The lowest BCUT2D eigenvalue weighted by atomic mass is 9.96. The molecule has 2 heterocycles. The number of nitrogens with zero attached hydrogens (tertiary/aromatic N) is 2. The van der Waals surface area contributed by atoms with Crippen LogP contribution in [-0.2, 0) is 16.1 Å². The number of carbonyl (C=O) groups excluding carboxylic acids is 1. The Hall–Kier alpha value is -4.43. The Morgan fingerprint density at radius 3 is 2.44 bits per heavy atom. The van der Waals surface area contributed by atoms with Crippen molar-refractivity contribution in [2.24, 2.45) is 0 Å². The number of rotatable bonds is 5. The second kappa shape index (κ2) is 8.37. The number of hydrogen-bond donors (Lipinski definition) is 0. The van der Waals surface area contributed by atoms with Gasteiger partial charge in [-0.25, -0.2) is 9.78 Å². The number of aromatic nitrogens is 1. The third kappa shape index (κ3) is 3.82. The summed E-state index contributed by atoms with van der Waals surface area (Å²) in [5, 5.41) is 10.1. The summed E-state index contributed by atoms with van der Waals surface area (Å²) >= 11 is 0. The first-order valence-electron chi connectivity index (χ1n) is 10.2. The molecule has 0 spiro atoms. The molecule has 5 rings (SSSR count). The fourth-order valence-electron chi connectivity index (χ4n) is 3.73. The highest BCUT2D eigenvalue weighted by molar-refractivity contribution is 6.27. The molecule has 1 aliphatic rings. The lowest BCUT2D eigenvalue weighted by Gasteiger charge is -2.09. The number of para-hydroxylation sites is 1. The summed E-state index contributed by atoms with van der Waals surface area (Å²) in [5.41, 5.74) is 5.34. The van der Waals surface area contributed by atoms with Crippen LogP contribution in [0.3, 0.4) is 0 Å². The van der Waals surface area contributed by atoms with E-state index in [4.69, 9.17) is 14.7 Å². The van der Waals surface area contributed by atoms with E-state index in [1.807, 2.05) is 72.8 Å². The lowest BCUT2D eigenvalue weighted by molar-refractivity contribution is -0.133. The molecule has 0 amide bonds. The number of fused-ring (bicyclic) bond motifs is 1. The van der Waals surface area contributed by atoms with Crippen LogP contribution >= 0.6 is 0 Å². The Labute approximate surface area is 185 Å². The van der Waals surface area contributed by atoms with Gasteiger partial charge in [0.15, 0.2) is 0 Å². The summed E-state index contributed by atoms with van der Waals surface area (Å²) in [4.78, 5) is 17.0. The van der Waals surface area contributed by atoms with E-state index in [-0.39, 0.29) is 12.6 Å². The second-order valence-electron chi connectivity index (χ2n) is 7.43. The zero-order valence-electron chi connectivity index (χ0n) is 17.1. The van der Waals surface area contributed by atoms with Gasteiger partial charge < -0.3 is 9.47 Å². The first kappa shape index (κ1) is 19.5. The Bertz CT molecular complexity index is 1380. The molecular weight excluding hydrogens is 400 g/mol. The summed E-state index contributed by atoms with van der Waals surface area (Å²) in [6.07, 6.45) is 0. The topological polar surface area (TPSA) is 72.2 Å². The summed E-state index contributed by atoms with van der Waals surface area (Å²) in [6.45, 7) is 0.567.